The molecule has 1 saturated heterocycles. The highest BCUT2D eigenvalue weighted by molar-refractivity contribution is 7.14. The van der Waals surface area contributed by atoms with Crippen LogP contribution in [0.5, 0.6) is 0 Å². The molecule has 5 nitrogen and oxygen atoms in total. The summed E-state index contributed by atoms with van der Waals surface area (Å²) in [5.41, 5.74) is 1.88. The number of hydrogen-bond acceptors (Lipinski definition) is 4. The monoisotopic (exact) mass is 315 g/mol. The van der Waals surface area contributed by atoms with Crippen LogP contribution >= 0.6 is 11.3 Å². The number of amides is 2. The fourth-order valence-corrected chi connectivity index (χ4v) is 3.30. The number of nitrogens with zero attached hydrogens (tertiary/aromatic N) is 2. The van der Waals surface area contributed by atoms with E-state index in [9.17, 15) is 9.59 Å². The quantitative estimate of drug-likeness (QED) is 0.943. The average molecular weight is 315 g/mol. The zero-order chi connectivity index (χ0) is 15.5. The molecule has 114 valence electrons. The Labute approximate surface area is 133 Å². The molecule has 1 N–H and O–H groups in total. The van der Waals surface area contributed by atoms with Crippen LogP contribution in [0.15, 0.2) is 35.7 Å². The lowest BCUT2D eigenvalue weighted by atomic mass is 10.1. The van der Waals surface area contributed by atoms with Crippen LogP contribution in [0.4, 0.5) is 5.13 Å². The number of likely N-dealkylation sites (tertiary alicyclic amines) is 1. The van der Waals surface area contributed by atoms with E-state index >= 15 is 0 Å². The molecule has 0 spiro atoms. The molecular formula is C16H17N3O2S. The fraction of sp³-hybridized carbons (Fsp3) is 0.312. The van der Waals surface area contributed by atoms with Crippen molar-refractivity contribution >= 4 is 28.3 Å². The third-order valence-corrected chi connectivity index (χ3v) is 4.63. The predicted octanol–water partition coefficient (Wildman–Crippen LogP) is 2.76. The largest absolute Gasteiger partial charge is 0.342 e. The van der Waals surface area contributed by atoms with E-state index < -0.39 is 0 Å². The van der Waals surface area contributed by atoms with E-state index in [0.717, 1.165) is 17.7 Å². The van der Waals surface area contributed by atoms with Crippen LogP contribution in [0.3, 0.4) is 0 Å². The fourth-order valence-electron chi connectivity index (χ4n) is 2.56. The molecule has 0 aliphatic carbocycles. The van der Waals surface area contributed by atoms with E-state index in [1.165, 1.54) is 11.3 Å². The third-order valence-electron chi connectivity index (χ3n) is 3.87. The Balaban J connectivity index is 1.61. The van der Waals surface area contributed by atoms with Crippen molar-refractivity contribution in [2.75, 3.05) is 12.4 Å². The minimum absolute atomic E-state index is 0.000978. The Kier molecular flexibility index (Phi) is 4.20. The van der Waals surface area contributed by atoms with Gasteiger partial charge in [-0.25, -0.2) is 4.98 Å². The van der Waals surface area contributed by atoms with Gasteiger partial charge >= 0.3 is 0 Å². The van der Waals surface area contributed by atoms with Crippen LogP contribution in [0.1, 0.15) is 19.3 Å². The second-order valence-corrected chi connectivity index (χ2v) is 6.21. The molecular weight excluding hydrogens is 298 g/mol. The maximum Gasteiger partial charge on any atom is 0.228 e. The molecule has 1 aromatic carbocycles. The van der Waals surface area contributed by atoms with E-state index in [4.69, 9.17) is 0 Å². The van der Waals surface area contributed by atoms with Crippen LogP contribution in [-0.4, -0.2) is 34.8 Å². The summed E-state index contributed by atoms with van der Waals surface area (Å²) >= 11 is 1.41. The molecule has 1 fully saturated rings. The second kappa shape index (κ2) is 6.27. The second-order valence-electron chi connectivity index (χ2n) is 5.35. The number of carbonyl (C=O) groups excluding carboxylic acids is 2. The number of nitrogens with one attached hydrogen (secondary N) is 1. The molecule has 1 aliphatic rings. The predicted molar refractivity (Wildman–Crippen MR) is 86.6 cm³/mol. The molecule has 1 aliphatic heterocycles. The molecule has 0 radical (unpaired) electrons. The zero-order valence-corrected chi connectivity index (χ0v) is 13.1. The minimum Gasteiger partial charge on any atom is -0.342 e. The van der Waals surface area contributed by atoms with E-state index in [1.54, 1.807) is 11.9 Å². The molecule has 1 aromatic heterocycles. The summed E-state index contributed by atoms with van der Waals surface area (Å²) in [7, 11) is 1.75. The number of thiazole rings is 1. The molecule has 22 heavy (non-hydrogen) atoms. The van der Waals surface area contributed by atoms with Crippen molar-refractivity contribution < 1.29 is 9.59 Å². The highest BCUT2D eigenvalue weighted by Crippen LogP contribution is 2.25. The van der Waals surface area contributed by atoms with Crippen molar-refractivity contribution in [2.45, 2.75) is 25.3 Å². The van der Waals surface area contributed by atoms with Gasteiger partial charge in [0.25, 0.3) is 0 Å². The lowest BCUT2D eigenvalue weighted by molar-refractivity contribution is -0.128. The SMILES string of the molecule is CN1C(=O)CCC1CC(=O)Nc1nc(-c2ccccc2)cs1. The molecule has 2 heterocycles. The topological polar surface area (TPSA) is 62.3 Å². The molecule has 0 saturated carbocycles. The number of carbonyl (C=O) groups is 2. The van der Waals surface area contributed by atoms with Crippen LogP contribution in [0.2, 0.25) is 0 Å². The number of aromatic nitrogens is 1. The summed E-state index contributed by atoms with van der Waals surface area (Å²) in [6.07, 6.45) is 1.60. The van der Waals surface area contributed by atoms with Crippen LogP contribution in [0.25, 0.3) is 11.3 Å². The van der Waals surface area contributed by atoms with Crippen LogP contribution in [0, 0.1) is 0 Å². The summed E-state index contributed by atoms with van der Waals surface area (Å²) in [6.45, 7) is 0. The zero-order valence-electron chi connectivity index (χ0n) is 12.3. The van der Waals surface area contributed by atoms with Crippen molar-refractivity contribution in [3.05, 3.63) is 35.7 Å². The summed E-state index contributed by atoms with van der Waals surface area (Å²) in [5.74, 6) is 0.0129. The highest BCUT2D eigenvalue weighted by atomic mass is 32.1. The molecule has 1 atom stereocenters. The third kappa shape index (κ3) is 3.17. The lowest BCUT2D eigenvalue weighted by Crippen LogP contribution is -2.32. The van der Waals surface area contributed by atoms with Crippen molar-refractivity contribution in [1.82, 2.24) is 9.88 Å². The number of hydrogen-bond donors (Lipinski definition) is 1. The Morgan fingerprint density at radius 3 is 2.86 bits per heavy atom. The smallest absolute Gasteiger partial charge is 0.228 e. The van der Waals surface area contributed by atoms with Gasteiger partial charge in [0.1, 0.15) is 0 Å². The van der Waals surface area contributed by atoms with Crippen molar-refractivity contribution in [2.24, 2.45) is 0 Å². The van der Waals surface area contributed by atoms with Gasteiger partial charge < -0.3 is 10.2 Å². The van der Waals surface area contributed by atoms with Gasteiger partial charge in [-0.15, -0.1) is 11.3 Å². The van der Waals surface area contributed by atoms with E-state index in [2.05, 4.69) is 10.3 Å². The summed E-state index contributed by atoms with van der Waals surface area (Å²) in [4.78, 5) is 29.7. The molecule has 3 rings (SSSR count). The van der Waals surface area contributed by atoms with E-state index in [-0.39, 0.29) is 17.9 Å². The van der Waals surface area contributed by atoms with Crippen LogP contribution < -0.4 is 5.32 Å². The Bertz CT molecular complexity index is 684. The van der Waals surface area contributed by atoms with Gasteiger partial charge in [-0.2, -0.15) is 0 Å². The maximum atomic E-state index is 12.1. The molecule has 0 bridgehead atoms. The molecule has 6 heteroatoms. The Morgan fingerprint density at radius 2 is 2.18 bits per heavy atom. The minimum atomic E-state index is -0.0967. The van der Waals surface area contributed by atoms with E-state index in [1.807, 2.05) is 35.7 Å². The first-order valence-corrected chi connectivity index (χ1v) is 8.08. The van der Waals surface area contributed by atoms with Crippen LogP contribution in [-0.2, 0) is 9.59 Å². The highest BCUT2D eigenvalue weighted by Gasteiger charge is 2.29. The number of rotatable bonds is 4. The number of anilines is 1. The van der Waals surface area contributed by atoms with Gasteiger partial charge in [-0.3, -0.25) is 9.59 Å². The Morgan fingerprint density at radius 1 is 1.41 bits per heavy atom. The first kappa shape index (κ1) is 14.7. The normalized spacial score (nSPS) is 17.8. The first-order chi connectivity index (χ1) is 10.6. The van der Waals surface area contributed by atoms with Gasteiger partial charge in [0.05, 0.1) is 5.69 Å². The standard InChI is InChI=1S/C16H17N3O2S/c1-19-12(7-8-15(19)21)9-14(20)18-16-17-13(10-22-16)11-5-3-2-4-6-11/h2-6,10,12H,7-9H2,1H3,(H,17,18,20). The van der Waals surface area contributed by atoms with Crippen molar-refractivity contribution in [1.29, 1.82) is 0 Å². The summed E-state index contributed by atoms with van der Waals surface area (Å²) < 4.78 is 0. The van der Waals surface area contributed by atoms with Gasteiger partial charge in [0.2, 0.25) is 11.8 Å². The van der Waals surface area contributed by atoms with Gasteiger partial charge in [-0.05, 0) is 6.42 Å². The molecule has 2 amide bonds. The maximum absolute atomic E-state index is 12.1. The van der Waals surface area contributed by atoms with Crippen molar-refractivity contribution in [3.63, 3.8) is 0 Å². The van der Waals surface area contributed by atoms with Crippen molar-refractivity contribution in [3.8, 4) is 11.3 Å². The summed E-state index contributed by atoms with van der Waals surface area (Å²) in [6, 6.07) is 9.85. The van der Waals surface area contributed by atoms with Gasteiger partial charge in [-0.1, -0.05) is 30.3 Å². The average Bonchev–Trinajstić information content (AvgIpc) is 3.10. The number of benzene rings is 1. The molecule has 2 aromatic rings. The first-order valence-electron chi connectivity index (χ1n) is 7.20. The van der Waals surface area contributed by atoms with Gasteiger partial charge in [0, 0.05) is 36.9 Å². The summed E-state index contributed by atoms with van der Waals surface area (Å²) in [5, 5.41) is 5.34. The van der Waals surface area contributed by atoms with E-state index in [0.29, 0.717) is 18.0 Å². The molecule has 1 unspecified atom stereocenters. The lowest BCUT2D eigenvalue weighted by Gasteiger charge is -2.18. The Hall–Kier alpha value is -2.21. The van der Waals surface area contributed by atoms with Gasteiger partial charge in [0.15, 0.2) is 5.13 Å².